The largest absolute Gasteiger partial charge is 0.311 e. The second-order valence-corrected chi connectivity index (χ2v) is 3.08. The molecule has 1 atom stereocenters. The molecule has 1 rings (SSSR count). The third-order valence-corrected chi connectivity index (χ3v) is 2.05. The predicted octanol–water partition coefficient (Wildman–Crippen LogP) is 2.73. The molecule has 1 heteroatoms. The highest BCUT2D eigenvalue weighted by Crippen LogP contribution is 2.21. The monoisotopic (exact) mass is 155 g/mol. The summed E-state index contributed by atoms with van der Waals surface area (Å²) in [6.07, 6.45) is 5.73. The topological polar surface area (TPSA) is 12.0 Å². The minimum absolute atomic E-state index is 0.377. The van der Waals surface area contributed by atoms with Crippen molar-refractivity contribution in [1.29, 1.82) is 0 Å². The summed E-state index contributed by atoms with van der Waals surface area (Å²) < 4.78 is 0. The third kappa shape index (κ3) is 3.57. The smallest absolute Gasteiger partial charge is 0.0188 e. The van der Waals surface area contributed by atoms with Gasteiger partial charge in [0.1, 0.15) is 0 Å². The molecule has 0 saturated carbocycles. The van der Waals surface area contributed by atoms with Gasteiger partial charge < -0.3 is 5.32 Å². The number of hydrogen-bond acceptors (Lipinski definition) is 1. The van der Waals surface area contributed by atoms with Crippen LogP contribution in [0.4, 0.5) is 0 Å². The molecule has 1 nitrogen and oxygen atoms in total. The fourth-order valence-electron chi connectivity index (χ4n) is 1.45. The lowest BCUT2D eigenvalue weighted by molar-refractivity contribution is 0.421. The van der Waals surface area contributed by atoms with E-state index in [0.717, 1.165) is 6.42 Å². The Morgan fingerprint density at radius 3 is 2.55 bits per heavy atom. The van der Waals surface area contributed by atoms with Crippen LogP contribution in [0, 0.1) is 0 Å². The first-order chi connectivity index (χ1) is 5.27. The summed E-state index contributed by atoms with van der Waals surface area (Å²) >= 11 is 0. The van der Waals surface area contributed by atoms with E-state index in [1.54, 1.807) is 0 Å². The molecule has 1 N–H and O–H groups in total. The Kier molecular flexibility index (Phi) is 5.22. The standard InChI is InChI=1S/C8H15N.C2H6/c1-3-5-8(2)6-4-7-9-8;1-2/h3,9H,1,4-7H2,2H3;1-2H3. The Labute approximate surface area is 70.9 Å². The molecule has 0 aromatic heterocycles. The Hall–Kier alpha value is -0.300. The highest BCUT2D eigenvalue weighted by molar-refractivity contribution is 4.93. The lowest BCUT2D eigenvalue weighted by Crippen LogP contribution is -2.35. The average molecular weight is 155 g/mol. The van der Waals surface area contributed by atoms with Crippen molar-refractivity contribution in [2.45, 2.75) is 45.6 Å². The second-order valence-electron chi connectivity index (χ2n) is 3.08. The van der Waals surface area contributed by atoms with Gasteiger partial charge in [0, 0.05) is 5.54 Å². The van der Waals surface area contributed by atoms with Crippen LogP contribution in [0.25, 0.3) is 0 Å². The van der Waals surface area contributed by atoms with Crippen LogP contribution in [0.15, 0.2) is 12.7 Å². The number of hydrogen-bond donors (Lipinski definition) is 1. The number of rotatable bonds is 2. The highest BCUT2D eigenvalue weighted by atomic mass is 15.0. The van der Waals surface area contributed by atoms with Crippen LogP contribution in [-0.4, -0.2) is 12.1 Å². The van der Waals surface area contributed by atoms with Crippen molar-refractivity contribution in [2.24, 2.45) is 0 Å². The fraction of sp³-hybridized carbons (Fsp3) is 0.800. The first-order valence-electron chi connectivity index (χ1n) is 4.63. The molecule has 11 heavy (non-hydrogen) atoms. The van der Waals surface area contributed by atoms with Gasteiger partial charge in [-0.3, -0.25) is 0 Å². The van der Waals surface area contributed by atoms with Crippen molar-refractivity contribution in [3.05, 3.63) is 12.7 Å². The number of nitrogens with one attached hydrogen (secondary N) is 1. The predicted molar refractivity (Wildman–Crippen MR) is 51.8 cm³/mol. The Balaban J connectivity index is 0.000000461. The first-order valence-corrected chi connectivity index (χ1v) is 4.63. The SMILES string of the molecule is C=CCC1(C)CCCN1.CC. The van der Waals surface area contributed by atoms with E-state index in [-0.39, 0.29) is 0 Å². The van der Waals surface area contributed by atoms with Gasteiger partial charge in [-0.2, -0.15) is 0 Å². The van der Waals surface area contributed by atoms with Crippen LogP contribution in [0.3, 0.4) is 0 Å². The Bertz CT molecular complexity index is 101. The maximum Gasteiger partial charge on any atom is 0.0188 e. The summed E-state index contributed by atoms with van der Waals surface area (Å²) in [5.74, 6) is 0. The van der Waals surface area contributed by atoms with E-state index >= 15 is 0 Å². The van der Waals surface area contributed by atoms with Gasteiger partial charge in [-0.05, 0) is 32.7 Å². The zero-order valence-electron chi connectivity index (χ0n) is 8.11. The van der Waals surface area contributed by atoms with Crippen LogP contribution >= 0.6 is 0 Å². The molecule has 1 aliphatic rings. The van der Waals surface area contributed by atoms with Crippen LogP contribution in [0.5, 0.6) is 0 Å². The van der Waals surface area contributed by atoms with Gasteiger partial charge in [0.2, 0.25) is 0 Å². The molecule has 66 valence electrons. The molecule has 0 bridgehead atoms. The van der Waals surface area contributed by atoms with Crippen molar-refractivity contribution in [3.63, 3.8) is 0 Å². The van der Waals surface area contributed by atoms with E-state index in [1.807, 2.05) is 19.9 Å². The van der Waals surface area contributed by atoms with Gasteiger partial charge in [-0.25, -0.2) is 0 Å². The van der Waals surface area contributed by atoms with Gasteiger partial charge in [0.15, 0.2) is 0 Å². The molecule has 1 heterocycles. The molecular weight excluding hydrogens is 134 g/mol. The summed E-state index contributed by atoms with van der Waals surface area (Å²) in [7, 11) is 0. The van der Waals surface area contributed by atoms with E-state index in [0.29, 0.717) is 5.54 Å². The summed E-state index contributed by atoms with van der Waals surface area (Å²) in [5.41, 5.74) is 0.377. The quantitative estimate of drug-likeness (QED) is 0.605. The summed E-state index contributed by atoms with van der Waals surface area (Å²) in [6.45, 7) is 11.2. The molecule has 1 aliphatic heterocycles. The molecule has 1 unspecified atom stereocenters. The van der Waals surface area contributed by atoms with E-state index in [9.17, 15) is 0 Å². The van der Waals surface area contributed by atoms with Crippen molar-refractivity contribution < 1.29 is 0 Å². The van der Waals surface area contributed by atoms with E-state index in [2.05, 4.69) is 18.8 Å². The van der Waals surface area contributed by atoms with E-state index < -0.39 is 0 Å². The van der Waals surface area contributed by atoms with Crippen LogP contribution < -0.4 is 5.32 Å². The average Bonchev–Trinajstić information content (AvgIpc) is 2.41. The summed E-state index contributed by atoms with van der Waals surface area (Å²) in [5, 5.41) is 3.46. The molecule has 0 aromatic carbocycles. The normalized spacial score (nSPS) is 29.0. The van der Waals surface area contributed by atoms with E-state index in [4.69, 9.17) is 0 Å². The molecule has 0 spiro atoms. The van der Waals surface area contributed by atoms with Crippen molar-refractivity contribution in [3.8, 4) is 0 Å². The zero-order valence-corrected chi connectivity index (χ0v) is 8.11. The molecule has 1 saturated heterocycles. The van der Waals surface area contributed by atoms with Crippen molar-refractivity contribution >= 4 is 0 Å². The van der Waals surface area contributed by atoms with Gasteiger partial charge in [-0.15, -0.1) is 6.58 Å². The third-order valence-electron chi connectivity index (χ3n) is 2.05. The maximum atomic E-state index is 3.73. The Morgan fingerprint density at radius 2 is 2.18 bits per heavy atom. The van der Waals surface area contributed by atoms with Crippen LogP contribution in [0.2, 0.25) is 0 Å². The molecule has 0 radical (unpaired) electrons. The molecular formula is C10H21N. The molecule has 1 fully saturated rings. The molecule has 0 aliphatic carbocycles. The van der Waals surface area contributed by atoms with Gasteiger partial charge in [-0.1, -0.05) is 19.9 Å². The lowest BCUT2D eigenvalue weighted by atomic mass is 9.96. The van der Waals surface area contributed by atoms with Crippen LogP contribution in [0.1, 0.15) is 40.0 Å². The van der Waals surface area contributed by atoms with Crippen molar-refractivity contribution in [2.75, 3.05) is 6.54 Å². The van der Waals surface area contributed by atoms with Gasteiger partial charge in [0.05, 0.1) is 0 Å². The maximum absolute atomic E-state index is 3.73. The van der Waals surface area contributed by atoms with E-state index in [1.165, 1.54) is 19.4 Å². The minimum atomic E-state index is 0.377. The molecule has 0 amide bonds. The Morgan fingerprint density at radius 1 is 1.55 bits per heavy atom. The fourth-order valence-corrected chi connectivity index (χ4v) is 1.45. The zero-order chi connectivity index (χ0) is 8.74. The minimum Gasteiger partial charge on any atom is -0.311 e. The molecule has 0 aromatic rings. The van der Waals surface area contributed by atoms with Gasteiger partial charge in [0.25, 0.3) is 0 Å². The first kappa shape index (κ1) is 10.7. The lowest BCUT2D eigenvalue weighted by Gasteiger charge is -2.21. The van der Waals surface area contributed by atoms with Gasteiger partial charge >= 0.3 is 0 Å². The second kappa shape index (κ2) is 5.36. The van der Waals surface area contributed by atoms with Crippen molar-refractivity contribution in [1.82, 2.24) is 5.32 Å². The van der Waals surface area contributed by atoms with Crippen LogP contribution in [-0.2, 0) is 0 Å². The highest BCUT2D eigenvalue weighted by Gasteiger charge is 2.25. The summed E-state index contributed by atoms with van der Waals surface area (Å²) in [4.78, 5) is 0. The summed E-state index contributed by atoms with van der Waals surface area (Å²) in [6, 6.07) is 0.